The third kappa shape index (κ3) is 3.51. The molecule has 1 aromatic heterocycles. The number of nitrogens with one attached hydrogen (secondary N) is 1. The predicted octanol–water partition coefficient (Wildman–Crippen LogP) is 3.20. The summed E-state index contributed by atoms with van der Waals surface area (Å²) in [5.41, 5.74) is 8.61. The third-order valence-electron chi connectivity index (χ3n) is 2.90. The van der Waals surface area contributed by atoms with E-state index >= 15 is 0 Å². The smallest absolute Gasteiger partial charge is 0.127 e. The van der Waals surface area contributed by atoms with Gasteiger partial charge in [-0.15, -0.1) is 0 Å². The lowest BCUT2D eigenvalue weighted by atomic mass is 10.1. The molecule has 3 nitrogen and oxygen atoms in total. The number of benzene rings is 1. The average Bonchev–Trinajstić information content (AvgIpc) is 2.39. The Morgan fingerprint density at radius 3 is 2.58 bits per heavy atom. The second kappa shape index (κ2) is 5.80. The largest absolute Gasteiger partial charge is 0.389 e. The molecule has 0 bridgehead atoms. The number of rotatable bonds is 4. The fraction of sp³-hybridized carbons (Fsp3) is 0.200. The van der Waals surface area contributed by atoms with E-state index in [-0.39, 0.29) is 6.04 Å². The second-order valence-electron chi connectivity index (χ2n) is 4.52. The zero-order valence-corrected chi connectivity index (χ0v) is 11.9. The fourth-order valence-electron chi connectivity index (χ4n) is 1.93. The van der Waals surface area contributed by atoms with E-state index < -0.39 is 0 Å². The maximum absolute atomic E-state index is 5.67. The van der Waals surface area contributed by atoms with Crippen LogP contribution in [0.4, 0.5) is 5.82 Å². The summed E-state index contributed by atoms with van der Waals surface area (Å²) < 4.78 is 0. The maximum atomic E-state index is 5.67. The van der Waals surface area contributed by atoms with Crippen molar-refractivity contribution in [1.82, 2.24) is 4.98 Å². The highest BCUT2D eigenvalue weighted by Gasteiger charge is 2.07. The van der Waals surface area contributed by atoms with Gasteiger partial charge in [0.1, 0.15) is 10.8 Å². The minimum Gasteiger partial charge on any atom is -0.389 e. The van der Waals surface area contributed by atoms with Gasteiger partial charge >= 0.3 is 0 Å². The highest BCUT2D eigenvalue weighted by atomic mass is 32.1. The molecule has 0 aliphatic rings. The van der Waals surface area contributed by atoms with Crippen molar-refractivity contribution >= 4 is 23.0 Å². The molecule has 0 aliphatic heterocycles. The SMILES string of the molecule is Cc1cc(C(N)=S)cc(NC(C)c2ccccc2)n1. The Kier molecular flexibility index (Phi) is 4.12. The van der Waals surface area contributed by atoms with E-state index in [0.717, 1.165) is 17.1 Å². The monoisotopic (exact) mass is 271 g/mol. The Balaban J connectivity index is 2.21. The second-order valence-corrected chi connectivity index (χ2v) is 4.96. The number of aryl methyl sites for hydroxylation is 1. The van der Waals surface area contributed by atoms with Crippen molar-refractivity contribution in [3.8, 4) is 0 Å². The van der Waals surface area contributed by atoms with Crippen LogP contribution in [0.25, 0.3) is 0 Å². The lowest BCUT2D eigenvalue weighted by Gasteiger charge is -2.16. The minimum atomic E-state index is 0.176. The molecule has 2 aromatic rings. The molecular formula is C15H17N3S. The molecule has 2 rings (SSSR count). The summed E-state index contributed by atoms with van der Waals surface area (Å²) in [5.74, 6) is 0.791. The van der Waals surface area contributed by atoms with E-state index in [9.17, 15) is 0 Å². The van der Waals surface area contributed by atoms with Crippen LogP contribution in [-0.2, 0) is 0 Å². The Hall–Kier alpha value is -1.94. The van der Waals surface area contributed by atoms with Gasteiger partial charge in [0.25, 0.3) is 0 Å². The minimum absolute atomic E-state index is 0.176. The van der Waals surface area contributed by atoms with Gasteiger partial charge in [0.05, 0.1) is 0 Å². The summed E-state index contributed by atoms with van der Waals surface area (Å²) in [6, 6.07) is 14.2. The van der Waals surface area contributed by atoms with Crippen LogP contribution in [-0.4, -0.2) is 9.97 Å². The molecule has 98 valence electrons. The zero-order valence-electron chi connectivity index (χ0n) is 11.1. The summed E-state index contributed by atoms with van der Waals surface area (Å²) in [6.45, 7) is 4.03. The number of nitrogens with two attached hydrogens (primary N) is 1. The summed E-state index contributed by atoms with van der Waals surface area (Å²) in [5, 5.41) is 3.37. The molecular weight excluding hydrogens is 254 g/mol. The standard InChI is InChI=1S/C15H17N3S/c1-10-8-13(15(16)19)9-14(17-10)18-11(2)12-6-4-3-5-7-12/h3-9,11H,1-2H3,(H2,16,19)(H,17,18). The first-order valence-corrected chi connectivity index (χ1v) is 6.57. The van der Waals surface area contributed by atoms with E-state index in [1.54, 1.807) is 0 Å². The molecule has 3 N–H and O–H groups in total. The number of hydrogen-bond acceptors (Lipinski definition) is 3. The summed E-state index contributed by atoms with van der Waals surface area (Å²) in [4.78, 5) is 4.85. The van der Waals surface area contributed by atoms with Crippen molar-refractivity contribution in [3.05, 3.63) is 59.3 Å². The number of hydrogen-bond donors (Lipinski definition) is 2. The van der Waals surface area contributed by atoms with Gasteiger partial charge in [0.2, 0.25) is 0 Å². The predicted molar refractivity (Wildman–Crippen MR) is 83.3 cm³/mol. The molecule has 19 heavy (non-hydrogen) atoms. The Labute approximate surface area is 118 Å². The number of nitrogens with zero attached hydrogens (tertiary/aromatic N) is 1. The molecule has 0 saturated carbocycles. The van der Waals surface area contributed by atoms with Crippen molar-refractivity contribution in [3.63, 3.8) is 0 Å². The first-order valence-electron chi connectivity index (χ1n) is 6.16. The van der Waals surface area contributed by atoms with Gasteiger partial charge in [-0.1, -0.05) is 42.5 Å². The highest BCUT2D eigenvalue weighted by Crippen LogP contribution is 2.19. The van der Waals surface area contributed by atoms with E-state index in [4.69, 9.17) is 18.0 Å². The van der Waals surface area contributed by atoms with E-state index in [2.05, 4.69) is 29.4 Å². The normalized spacial score (nSPS) is 11.9. The maximum Gasteiger partial charge on any atom is 0.127 e. The van der Waals surface area contributed by atoms with Crippen LogP contribution in [0, 0.1) is 6.92 Å². The molecule has 1 heterocycles. The molecule has 0 radical (unpaired) electrons. The van der Waals surface area contributed by atoms with Gasteiger partial charge in [-0.25, -0.2) is 4.98 Å². The molecule has 0 fully saturated rings. The topological polar surface area (TPSA) is 50.9 Å². The number of pyridine rings is 1. The molecule has 1 atom stereocenters. The van der Waals surface area contributed by atoms with Gasteiger partial charge in [-0.3, -0.25) is 0 Å². The average molecular weight is 271 g/mol. The van der Waals surface area contributed by atoms with Crippen LogP contribution in [0.5, 0.6) is 0 Å². The van der Waals surface area contributed by atoms with Gasteiger partial charge in [-0.05, 0) is 31.5 Å². The van der Waals surface area contributed by atoms with Crippen molar-refractivity contribution in [2.75, 3.05) is 5.32 Å². The highest BCUT2D eigenvalue weighted by molar-refractivity contribution is 7.80. The lowest BCUT2D eigenvalue weighted by Crippen LogP contribution is -2.13. The molecule has 1 aromatic carbocycles. The Morgan fingerprint density at radius 2 is 1.95 bits per heavy atom. The van der Waals surface area contributed by atoms with Crippen molar-refractivity contribution in [2.45, 2.75) is 19.9 Å². The van der Waals surface area contributed by atoms with Crippen LogP contribution in [0.2, 0.25) is 0 Å². The molecule has 1 unspecified atom stereocenters. The summed E-state index contributed by atoms with van der Waals surface area (Å²) in [7, 11) is 0. The Bertz CT molecular complexity index is 581. The van der Waals surface area contributed by atoms with Crippen molar-refractivity contribution in [2.24, 2.45) is 5.73 Å². The van der Waals surface area contributed by atoms with Crippen LogP contribution in [0.15, 0.2) is 42.5 Å². The van der Waals surface area contributed by atoms with Crippen LogP contribution in [0.3, 0.4) is 0 Å². The van der Waals surface area contributed by atoms with Crippen LogP contribution < -0.4 is 11.1 Å². The molecule has 0 saturated heterocycles. The first kappa shape index (κ1) is 13.5. The number of thiocarbonyl (C=S) groups is 1. The van der Waals surface area contributed by atoms with Gasteiger partial charge in [-0.2, -0.15) is 0 Å². The number of aromatic nitrogens is 1. The van der Waals surface area contributed by atoms with Crippen LogP contribution >= 0.6 is 12.2 Å². The van der Waals surface area contributed by atoms with E-state index in [1.807, 2.05) is 37.3 Å². The van der Waals surface area contributed by atoms with Gasteiger partial charge in [0, 0.05) is 17.3 Å². The Morgan fingerprint density at radius 1 is 1.26 bits per heavy atom. The molecule has 0 amide bonds. The van der Waals surface area contributed by atoms with Crippen LogP contribution in [0.1, 0.15) is 29.8 Å². The van der Waals surface area contributed by atoms with Crippen molar-refractivity contribution in [1.29, 1.82) is 0 Å². The first-order chi connectivity index (χ1) is 9.06. The van der Waals surface area contributed by atoms with Gasteiger partial charge < -0.3 is 11.1 Å². The van der Waals surface area contributed by atoms with E-state index in [1.165, 1.54) is 5.56 Å². The quantitative estimate of drug-likeness (QED) is 0.838. The third-order valence-corrected chi connectivity index (χ3v) is 3.14. The van der Waals surface area contributed by atoms with Gasteiger partial charge in [0.15, 0.2) is 0 Å². The fourth-order valence-corrected chi connectivity index (χ4v) is 2.05. The summed E-state index contributed by atoms with van der Waals surface area (Å²) >= 11 is 5.01. The molecule has 4 heteroatoms. The van der Waals surface area contributed by atoms with E-state index in [0.29, 0.717) is 4.99 Å². The summed E-state index contributed by atoms with van der Waals surface area (Å²) in [6.07, 6.45) is 0. The molecule has 0 aliphatic carbocycles. The lowest BCUT2D eigenvalue weighted by molar-refractivity contribution is 0.872. The zero-order chi connectivity index (χ0) is 13.8. The number of anilines is 1. The van der Waals surface area contributed by atoms with Crippen molar-refractivity contribution < 1.29 is 0 Å². The molecule has 0 spiro atoms.